The molecule has 0 aliphatic carbocycles. The zero-order valence-electron chi connectivity index (χ0n) is 14.7. The predicted molar refractivity (Wildman–Crippen MR) is 95.0 cm³/mol. The third kappa shape index (κ3) is 3.18. The topological polar surface area (TPSA) is 48.5 Å². The molecule has 0 saturated heterocycles. The van der Waals surface area contributed by atoms with Crippen molar-refractivity contribution >= 4 is 11.0 Å². The molecule has 1 aromatic carbocycles. The molecule has 0 spiro atoms. The molecule has 5 nitrogen and oxygen atoms in total. The molecule has 0 atom stereocenters. The maximum atomic E-state index is 13.7. The molecule has 4 aromatic rings. The number of benzene rings is 1. The van der Waals surface area contributed by atoms with Gasteiger partial charge in [0, 0.05) is 18.8 Å². The van der Waals surface area contributed by atoms with E-state index in [1.165, 1.54) is 15.6 Å². The SMILES string of the molecule is Cc1nn(Cc2ccccc2)c2nc(-c3cnn(C)c3)cc(C(F)(F)F)c12. The molecule has 0 radical (unpaired) electrons. The first-order valence-electron chi connectivity index (χ1n) is 8.31. The van der Waals surface area contributed by atoms with E-state index in [2.05, 4.69) is 15.2 Å². The van der Waals surface area contributed by atoms with Crippen molar-refractivity contribution in [3.05, 3.63) is 65.6 Å². The lowest BCUT2D eigenvalue weighted by Crippen LogP contribution is -2.08. The summed E-state index contributed by atoms with van der Waals surface area (Å²) in [6.07, 6.45) is -1.37. The molecule has 0 bridgehead atoms. The second-order valence-electron chi connectivity index (χ2n) is 6.38. The number of pyridine rings is 1. The zero-order valence-corrected chi connectivity index (χ0v) is 14.7. The molecule has 8 heteroatoms. The highest BCUT2D eigenvalue weighted by Crippen LogP contribution is 2.38. The summed E-state index contributed by atoms with van der Waals surface area (Å²) < 4.78 is 44.3. The number of hydrogen-bond donors (Lipinski definition) is 0. The van der Waals surface area contributed by atoms with Gasteiger partial charge in [-0.3, -0.25) is 4.68 Å². The van der Waals surface area contributed by atoms with Gasteiger partial charge in [0.25, 0.3) is 0 Å². The maximum absolute atomic E-state index is 13.7. The number of aryl methyl sites for hydroxylation is 2. The number of halogens is 3. The molecule has 0 unspecified atom stereocenters. The first kappa shape index (κ1) is 17.3. The fourth-order valence-electron chi connectivity index (χ4n) is 3.15. The Kier molecular flexibility index (Phi) is 3.98. The van der Waals surface area contributed by atoms with Gasteiger partial charge in [0.2, 0.25) is 0 Å². The van der Waals surface area contributed by atoms with Gasteiger partial charge >= 0.3 is 6.18 Å². The van der Waals surface area contributed by atoms with Gasteiger partial charge in [-0.15, -0.1) is 0 Å². The van der Waals surface area contributed by atoms with Crippen LogP contribution in [0, 0.1) is 6.92 Å². The summed E-state index contributed by atoms with van der Waals surface area (Å²) in [5.74, 6) is 0. The minimum atomic E-state index is -4.51. The van der Waals surface area contributed by atoms with Crippen LogP contribution in [0.5, 0.6) is 0 Å². The predicted octanol–water partition coefficient (Wildman–Crippen LogP) is 4.21. The quantitative estimate of drug-likeness (QED) is 0.542. The average Bonchev–Trinajstić information content (AvgIpc) is 3.18. The van der Waals surface area contributed by atoms with Crippen LogP contribution in [0.1, 0.15) is 16.8 Å². The monoisotopic (exact) mass is 371 g/mol. The third-order valence-corrected chi connectivity index (χ3v) is 4.36. The maximum Gasteiger partial charge on any atom is 0.417 e. The normalized spacial score (nSPS) is 12.0. The highest BCUT2D eigenvalue weighted by atomic mass is 19.4. The zero-order chi connectivity index (χ0) is 19.2. The highest BCUT2D eigenvalue weighted by Gasteiger charge is 2.35. The summed E-state index contributed by atoms with van der Waals surface area (Å²) >= 11 is 0. The Morgan fingerprint density at radius 2 is 1.85 bits per heavy atom. The smallest absolute Gasteiger partial charge is 0.275 e. The molecule has 0 aliphatic rings. The van der Waals surface area contributed by atoms with Gasteiger partial charge in [-0.1, -0.05) is 30.3 Å². The molecule has 3 heterocycles. The molecular weight excluding hydrogens is 355 g/mol. The fourth-order valence-corrected chi connectivity index (χ4v) is 3.15. The Balaban J connectivity index is 1.95. The molecule has 3 aromatic heterocycles. The van der Waals surface area contributed by atoms with Gasteiger partial charge in [-0.2, -0.15) is 23.4 Å². The van der Waals surface area contributed by atoms with Crippen molar-refractivity contribution in [2.75, 3.05) is 0 Å². The summed E-state index contributed by atoms with van der Waals surface area (Å²) in [6, 6.07) is 10.5. The minimum absolute atomic E-state index is 0.0334. The Morgan fingerprint density at radius 3 is 2.48 bits per heavy atom. The lowest BCUT2D eigenvalue weighted by molar-refractivity contribution is -0.136. The van der Waals surface area contributed by atoms with Crippen LogP contribution in [-0.4, -0.2) is 24.5 Å². The number of hydrogen-bond acceptors (Lipinski definition) is 3. The van der Waals surface area contributed by atoms with Crippen LogP contribution in [0.3, 0.4) is 0 Å². The largest absolute Gasteiger partial charge is 0.417 e. The number of fused-ring (bicyclic) bond motifs is 1. The van der Waals surface area contributed by atoms with E-state index in [4.69, 9.17) is 0 Å². The lowest BCUT2D eigenvalue weighted by Gasteiger charge is -2.11. The molecule has 0 fully saturated rings. The Morgan fingerprint density at radius 1 is 1.11 bits per heavy atom. The van der Waals surface area contributed by atoms with Crippen LogP contribution in [-0.2, 0) is 19.8 Å². The van der Waals surface area contributed by atoms with E-state index in [0.29, 0.717) is 17.8 Å². The van der Waals surface area contributed by atoms with Crippen molar-refractivity contribution in [1.82, 2.24) is 24.5 Å². The van der Waals surface area contributed by atoms with Crippen molar-refractivity contribution in [1.29, 1.82) is 0 Å². The van der Waals surface area contributed by atoms with E-state index in [1.54, 1.807) is 20.2 Å². The highest BCUT2D eigenvalue weighted by molar-refractivity contribution is 5.85. The van der Waals surface area contributed by atoms with Gasteiger partial charge < -0.3 is 0 Å². The molecule has 0 aliphatic heterocycles. The van der Waals surface area contributed by atoms with E-state index in [0.717, 1.165) is 11.6 Å². The van der Waals surface area contributed by atoms with Crippen molar-refractivity contribution in [3.8, 4) is 11.3 Å². The molecule has 0 N–H and O–H groups in total. The molecule has 0 amide bonds. The van der Waals surface area contributed by atoms with Crippen molar-refractivity contribution in [2.45, 2.75) is 19.6 Å². The van der Waals surface area contributed by atoms with E-state index >= 15 is 0 Å². The van der Waals surface area contributed by atoms with E-state index in [1.807, 2.05) is 30.3 Å². The number of aromatic nitrogens is 5. The lowest BCUT2D eigenvalue weighted by atomic mass is 10.1. The van der Waals surface area contributed by atoms with Gasteiger partial charge in [-0.05, 0) is 18.6 Å². The van der Waals surface area contributed by atoms with Crippen LogP contribution in [0.25, 0.3) is 22.3 Å². The fraction of sp³-hybridized carbons (Fsp3) is 0.211. The second-order valence-corrected chi connectivity index (χ2v) is 6.38. The number of alkyl halides is 3. The molecule has 4 rings (SSSR count). The van der Waals surface area contributed by atoms with Gasteiger partial charge in [0.1, 0.15) is 0 Å². The first-order chi connectivity index (χ1) is 12.8. The summed E-state index contributed by atoms with van der Waals surface area (Å²) in [4.78, 5) is 4.50. The molecule has 138 valence electrons. The summed E-state index contributed by atoms with van der Waals surface area (Å²) in [5.41, 5.74) is 1.46. The summed E-state index contributed by atoms with van der Waals surface area (Å²) in [6.45, 7) is 1.91. The summed E-state index contributed by atoms with van der Waals surface area (Å²) in [5, 5.41) is 8.40. The second kappa shape index (κ2) is 6.22. The van der Waals surface area contributed by atoms with Crippen LogP contribution in [0.15, 0.2) is 48.8 Å². The van der Waals surface area contributed by atoms with Gasteiger partial charge in [0.05, 0.1) is 35.1 Å². The van der Waals surface area contributed by atoms with Crippen molar-refractivity contribution < 1.29 is 13.2 Å². The van der Waals surface area contributed by atoms with Crippen LogP contribution >= 0.6 is 0 Å². The van der Waals surface area contributed by atoms with Crippen molar-refractivity contribution in [2.24, 2.45) is 7.05 Å². The molecule has 27 heavy (non-hydrogen) atoms. The Labute approximate surface area is 153 Å². The minimum Gasteiger partial charge on any atom is -0.275 e. The van der Waals surface area contributed by atoms with Crippen LogP contribution in [0.2, 0.25) is 0 Å². The Bertz CT molecular complexity index is 1110. The third-order valence-electron chi connectivity index (χ3n) is 4.36. The first-order valence-corrected chi connectivity index (χ1v) is 8.31. The average molecular weight is 371 g/mol. The van der Waals surface area contributed by atoms with Gasteiger partial charge in [0.15, 0.2) is 5.65 Å². The van der Waals surface area contributed by atoms with E-state index < -0.39 is 11.7 Å². The van der Waals surface area contributed by atoms with E-state index in [-0.39, 0.29) is 16.7 Å². The Hall–Kier alpha value is -3.16. The van der Waals surface area contributed by atoms with E-state index in [9.17, 15) is 13.2 Å². The van der Waals surface area contributed by atoms with Crippen LogP contribution < -0.4 is 0 Å². The number of nitrogens with zero attached hydrogens (tertiary/aromatic N) is 5. The summed E-state index contributed by atoms with van der Waals surface area (Å²) in [7, 11) is 1.70. The molecular formula is C19H16F3N5. The van der Waals surface area contributed by atoms with Crippen molar-refractivity contribution in [3.63, 3.8) is 0 Å². The standard InChI is InChI=1S/C19H16F3N5/c1-12-17-15(19(20,21)22)8-16(14-9-23-26(2)11-14)24-18(17)27(25-12)10-13-6-4-3-5-7-13/h3-9,11H,10H2,1-2H3. The number of rotatable bonds is 3. The molecule has 0 saturated carbocycles. The van der Waals surface area contributed by atoms with Gasteiger partial charge in [-0.25, -0.2) is 9.67 Å². The van der Waals surface area contributed by atoms with Crippen LogP contribution in [0.4, 0.5) is 13.2 Å².